The molecule has 28 heavy (non-hydrogen) atoms. The maximum atomic E-state index is 10.5. The topological polar surface area (TPSA) is 97.4 Å². The zero-order chi connectivity index (χ0) is 20.0. The highest BCUT2D eigenvalue weighted by Crippen LogP contribution is 2.42. The number of nitrogen functional groups attached to an aromatic ring is 1. The lowest BCUT2D eigenvalue weighted by Crippen LogP contribution is -2.46. The minimum Gasteiger partial charge on any atom is -0.392 e. The molecule has 2 heterocycles. The molecule has 150 valence electrons. The summed E-state index contributed by atoms with van der Waals surface area (Å²) in [4.78, 5) is 15.9. The van der Waals surface area contributed by atoms with Crippen molar-refractivity contribution in [2.45, 2.75) is 57.3 Å². The molecule has 0 aromatic carbocycles. The number of hydrogen-bond acceptors (Lipinski definition) is 7. The molecule has 2 aromatic rings. The fourth-order valence-corrected chi connectivity index (χ4v) is 4.47. The number of pyridine rings is 1. The zero-order valence-electron chi connectivity index (χ0n) is 17.0. The number of nitrogens with two attached hydrogens (primary N) is 1. The molecular formula is C21H29N5O2. The average molecular weight is 383 g/mol. The third-order valence-corrected chi connectivity index (χ3v) is 6.58. The second-order valence-electron chi connectivity index (χ2n) is 8.20. The molecule has 2 aromatic heterocycles. The van der Waals surface area contributed by atoms with Crippen LogP contribution in [0.2, 0.25) is 0 Å². The Kier molecular flexibility index (Phi) is 4.97. The lowest BCUT2D eigenvalue weighted by Gasteiger charge is -2.41. The van der Waals surface area contributed by atoms with Crippen molar-refractivity contribution in [2.75, 3.05) is 24.8 Å². The second kappa shape index (κ2) is 7.29. The number of aliphatic hydroxyl groups excluding tert-OH is 1. The summed E-state index contributed by atoms with van der Waals surface area (Å²) in [6, 6.07) is 2.37. The summed E-state index contributed by atoms with van der Waals surface area (Å²) in [5.41, 5.74) is 9.06. The summed E-state index contributed by atoms with van der Waals surface area (Å²) >= 11 is 0. The van der Waals surface area contributed by atoms with Crippen LogP contribution < -0.4 is 10.6 Å². The maximum absolute atomic E-state index is 10.5. The Bertz CT molecular complexity index is 909. The monoisotopic (exact) mass is 383 g/mol. The van der Waals surface area contributed by atoms with Crippen molar-refractivity contribution in [3.05, 3.63) is 29.7 Å². The van der Waals surface area contributed by atoms with E-state index < -0.39 is 0 Å². The number of aromatic nitrogens is 3. The van der Waals surface area contributed by atoms with Gasteiger partial charge in [0.2, 0.25) is 0 Å². The summed E-state index contributed by atoms with van der Waals surface area (Å²) in [5, 5.41) is 11.3. The minimum atomic E-state index is -0.389. The van der Waals surface area contributed by atoms with Crippen molar-refractivity contribution in [1.29, 1.82) is 0 Å². The summed E-state index contributed by atoms with van der Waals surface area (Å²) in [6.45, 7) is 4.19. The van der Waals surface area contributed by atoms with Gasteiger partial charge in [-0.1, -0.05) is 18.6 Å². The van der Waals surface area contributed by atoms with Crippen molar-refractivity contribution in [3.63, 3.8) is 0 Å². The van der Waals surface area contributed by atoms with E-state index in [1.54, 1.807) is 7.11 Å². The third kappa shape index (κ3) is 3.12. The quantitative estimate of drug-likeness (QED) is 0.783. The predicted molar refractivity (Wildman–Crippen MR) is 110 cm³/mol. The number of hydrogen-bond donors (Lipinski definition) is 2. The molecule has 0 saturated heterocycles. The van der Waals surface area contributed by atoms with Gasteiger partial charge in [0.1, 0.15) is 18.0 Å². The smallest absolute Gasteiger partial charge is 0.134 e. The normalized spacial score (nSPS) is 30.0. The molecule has 3 atom stereocenters. The molecule has 1 saturated carbocycles. The van der Waals surface area contributed by atoms with Crippen LogP contribution >= 0.6 is 0 Å². The number of methoxy groups -OCH3 is 1. The molecule has 0 bridgehead atoms. The van der Waals surface area contributed by atoms with Gasteiger partial charge in [0.05, 0.1) is 23.4 Å². The van der Waals surface area contributed by atoms with Gasteiger partial charge in [0.25, 0.3) is 0 Å². The van der Waals surface area contributed by atoms with Gasteiger partial charge in [-0.05, 0) is 38.2 Å². The molecule has 3 unspecified atom stereocenters. The van der Waals surface area contributed by atoms with E-state index in [9.17, 15) is 5.11 Å². The van der Waals surface area contributed by atoms with Crippen LogP contribution in [0.4, 0.5) is 11.6 Å². The van der Waals surface area contributed by atoms with E-state index in [1.165, 1.54) is 11.9 Å². The fourth-order valence-electron chi connectivity index (χ4n) is 4.47. The molecule has 0 aliphatic heterocycles. The third-order valence-electron chi connectivity index (χ3n) is 6.58. The van der Waals surface area contributed by atoms with E-state index in [1.807, 2.05) is 6.07 Å². The summed E-state index contributed by atoms with van der Waals surface area (Å²) in [5.74, 6) is 1.38. The molecule has 0 radical (unpaired) electrons. The summed E-state index contributed by atoms with van der Waals surface area (Å²) in [6.07, 6.45) is 6.18. The van der Waals surface area contributed by atoms with Gasteiger partial charge in [-0.2, -0.15) is 0 Å². The van der Waals surface area contributed by atoms with Gasteiger partial charge in [-0.15, -0.1) is 0 Å². The molecule has 0 amide bonds. The van der Waals surface area contributed by atoms with Crippen LogP contribution in [0.1, 0.15) is 44.7 Å². The Morgan fingerprint density at radius 3 is 2.75 bits per heavy atom. The van der Waals surface area contributed by atoms with Gasteiger partial charge in [0.15, 0.2) is 0 Å². The largest absolute Gasteiger partial charge is 0.392 e. The average Bonchev–Trinajstić information content (AvgIpc) is 2.64. The van der Waals surface area contributed by atoms with Crippen molar-refractivity contribution in [2.24, 2.45) is 5.92 Å². The first-order valence-corrected chi connectivity index (χ1v) is 9.92. The minimum absolute atomic E-state index is 0.00186. The van der Waals surface area contributed by atoms with Gasteiger partial charge in [-0.3, -0.25) is 0 Å². The van der Waals surface area contributed by atoms with Crippen LogP contribution in [0.3, 0.4) is 0 Å². The van der Waals surface area contributed by atoms with E-state index in [4.69, 9.17) is 15.5 Å². The first-order valence-electron chi connectivity index (χ1n) is 9.92. The second-order valence-corrected chi connectivity index (χ2v) is 8.20. The van der Waals surface area contributed by atoms with Gasteiger partial charge in [0, 0.05) is 31.5 Å². The first-order chi connectivity index (χ1) is 13.4. The number of rotatable bonds is 4. The van der Waals surface area contributed by atoms with E-state index in [0.29, 0.717) is 24.4 Å². The number of fused-ring (bicyclic) bond motifs is 1. The van der Waals surface area contributed by atoms with Crippen molar-refractivity contribution >= 4 is 22.5 Å². The highest BCUT2D eigenvalue weighted by molar-refractivity contribution is 5.91. The SMILES string of the molecule is COC1CC(N(C)c2cc3c(N)ncnc3c(C3C(C)=CCC(O)C3C)n2)C1. The van der Waals surface area contributed by atoms with Gasteiger partial charge < -0.3 is 20.5 Å². The molecule has 1 fully saturated rings. The number of anilines is 2. The predicted octanol–water partition coefficient (Wildman–Crippen LogP) is 2.65. The first kappa shape index (κ1) is 19.1. The van der Waals surface area contributed by atoms with Gasteiger partial charge >= 0.3 is 0 Å². The molecule has 0 spiro atoms. The van der Waals surface area contributed by atoms with E-state index in [2.05, 4.69) is 41.8 Å². The number of allylic oxidation sites excluding steroid dienone is 1. The number of nitrogens with zero attached hydrogens (tertiary/aromatic N) is 4. The number of aliphatic hydroxyl groups is 1. The van der Waals surface area contributed by atoms with Crippen LogP contribution in [0, 0.1) is 5.92 Å². The fraction of sp³-hybridized carbons (Fsp3) is 0.571. The van der Waals surface area contributed by atoms with Crippen LogP contribution in [-0.2, 0) is 4.74 Å². The standard InChI is InChI=1S/C21H29N5O2/c1-11-5-6-16(27)12(2)18(11)20-19-15(21(22)24-10-23-19)9-17(25-20)26(3)13-7-14(8-13)28-4/h5,9-10,12-14,16,18,27H,6-8H2,1-4H3,(H2,22,23,24). The van der Waals surface area contributed by atoms with E-state index in [-0.39, 0.29) is 17.9 Å². The molecule has 2 aliphatic carbocycles. The molecule has 4 rings (SSSR count). The number of ether oxygens (including phenoxy) is 1. The molecule has 3 N–H and O–H groups in total. The van der Waals surface area contributed by atoms with E-state index >= 15 is 0 Å². The molecular weight excluding hydrogens is 354 g/mol. The van der Waals surface area contributed by atoms with Crippen molar-refractivity contribution in [1.82, 2.24) is 15.0 Å². The highest BCUT2D eigenvalue weighted by atomic mass is 16.5. The Labute approximate surface area is 165 Å². The van der Waals surface area contributed by atoms with E-state index in [0.717, 1.165) is 35.3 Å². The lowest BCUT2D eigenvalue weighted by atomic mass is 9.76. The lowest BCUT2D eigenvalue weighted by molar-refractivity contribution is 0.0264. The molecule has 2 aliphatic rings. The summed E-state index contributed by atoms with van der Waals surface area (Å²) in [7, 11) is 3.83. The molecule has 7 heteroatoms. The van der Waals surface area contributed by atoms with Crippen LogP contribution in [0.15, 0.2) is 24.0 Å². The van der Waals surface area contributed by atoms with Crippen molar-refractivity contribution in [3.8, 4) is 0 Å². The molecule has 7 nitrogen and oxygen atoms in total. The Morgan fingerprint density at radius 2 is 2.04 bits per heavy atom. The van der Waals surface area contributed by atoms with Gasteiger partial charge in [-0.25, -0.2) is 15.0 Å². The Morgan fingerprint density at radius 1 is 1.29 bits per heavy atom. The Balaban J connectivity index is 1.82. The summed E-state index contributed by atoms with van der Waals surface area (Å²) < 4.78 is 5.43. The van der Waals surface area contributed by atoms with Crippen LogP contribution in [0.5, 0.6) is 0 Å². The van der Waals surface area contributed by atoms with Crippen LogP contribution in [0.25, 0.3) is 10.9 Å². The Hall–Kier alpha value is -2.25. The van der Waals surface area contributed by atoms with Crippen molar-refractivity contribution < 1.29 is 9.84 Å². The zero-order valence-corrected chi connectivity index (χ0v) is 17.0. The van der Waals surface area contributed by atoms with Crippen LogP contribution in [-0.4, -0.2) is 52.5 Å². The maximum Gasteiger partial charge on any atom is 0.134 e. The highest BCUT2D eigenvalue weighted by Gasteiger charge is 2.35.